The minimum Gasteiger partial charge on any atom is -0.390 e. The molecule has 4 nitrogen and oxygen atoms in total. The van der Waals surface area contributed by atoms with Gasteiger partial charge in [0, 0.05) is 12.6 Å². The van der Waals surface area contributed by atoms with E-state index in [0.717, 1.165) is 45.1 Å². The molecule has 2 amide bonds. The molecule has 26 heavy (non-hydrogen) atoms. The van der Waals surface area contributed by atoms with Gasteiger partial charge in [0.15, 0.2) is 0 Å². The highest BCUT2D eigenvalue weighted by atomic mass is 16.3. The number of hydrogen-bond acceptors (Lipinski definition) is 2. The molecule has 0 aromatic heterocycles. The van der Waals surface area contributed by atoms with Gasteiger partial charge in [-0.15, -0.1) is 0 Å². The van der Waals surface area contributed by atoms with Crippen LogP contribution < -0.4 is 5.32 Å². The van der Waals surface area contributed by atoms with Gasteiger partial charge in [0.25, 0.3) is 0 Å². The summed E-state index contributed by atoms with van der Waals surface area (Å²) < 4.78 is 0. The molecule has 1 heterocycles. The third-order valence-electron chi connectivity index (χ3n) is 8.26. The fourth-order valence-corrected chi connectivity index (χ4v) is 7.72. The number of aliphatic hydroxyl groups is 1. The summed E-state index contributed by atoms with van der Waals surface area (Å²) in [4.78, 5) is 15.4. The van der Waals surface area contributed by atoms with Crippen LogP contribution in [-0.4, -0.2) is 34.2 Å². The molecule has 1 aromatic rings. The molecule has 138 valence electrons. The van der Waals surface area contributed by atoms with Crippen molar-refractivity contribution in [3.8, 4) is 0 Å². The molecule has 5 fully saturated rings. The highest BCUT2D eigenvalue weighted by molar-refractivity contribution is 5.79. The van der Waals surface area contributed by atoms with Crippen LogP contribution in [0.5, 0.6) is 0 Å². The van der Waals surface area contributed by atoms with Crippen LogP contribution in [-0.2, 0) is 12.0 Å². The van der Waals surface area contributed by atoms with E-state index in [4.69, 9.17) is 0 Å². The van der Waals surface area contributed by atoms with Gasteiger partial charge in [0.2, 0.25) is 0 Å². The number of carbonyl (C=O) groups is 1. The van der Waals surface area contributed by atoms with E-state index in [2.05, 4.69) is 34.5 Å². The van der Waals surface area contributed by atoms with Crippen LogP contribution in [0.15, 0.2) is 24.3 Å². The molecular weight excluding hydrogens is 324 g/mol. The quantitative estimate of drug-likeness (QED) is 0.816. The first-order valence-electron chi connectivity index (χ1n) is 10.5. The Morgan fingerprint density at radius 2 is 1.88 bits per heavy atom. The lowest BCUT2D eigenvalue weighted by molar-refractivity contribution is -0.162. The van der Waals surface area contributed by atoms with Crippen molar-refractivity contribution < 1.29 is 9.90 Å². The number of rotatable bonds is 1. The summed E-state index contributed by atoms with van der Waals surface area (Å²) >= 11 is 0. The number of amides is 2. The fourth-order valence-electron chi connectivity index (χ4n) is 7.72. The zero-order valence-corrected chi connectivity index (χ0v) is 15.3. The average Bonchev–Trinajstić information content (AvgIpc) is 2.91. The summed E-state index contributed by atoms with van der Waals surface area (Å²) in [7, 11) is 0. The maximum Gasteiger partial charge on any atom is 0.318 e. The summed E-state index contributed by atoms with van der Waals surface area (Å²) in [5.74, 6) is 1.62. The molecular formula is C22H28N2O2. The Morgan fingerprint density at radius 1 is 1.12 bits per heavy atom. The van der Waals surface area contributed by atoms with Gasteiger partial charge in [-0.1, -0.05) is 24.3 Å². The van der Waals surface area contributed by atoms with Crippen molar-refractivity contribution in [2.24, 2.45) is 17.8 Å². The minimum absolute atomic E-state index is 0.131. The molecule has 7 rings (SSSR count). The number of fused-ring (bicyclic) bond motifs is 2. The zero-order chi connectivity index (χ0) is 17.5. The van der Waals surface area contributed by atoms with Crippen molar-refractivity contribution in [1.29, 1.82) is 0 Å². The van der Waals surface area contributed by atoms with Crippen LogP contribution in [0, 0.1) is 17.8 Å². The van der Waals surface area contributed by atoms with Gasteiger partial charge in [-0.05, 0) is 80.2 Å². The number of benzene rings is 1. The zero-order valence-electron chi connectivity index (χ0n) is 15.3. The average molecular weight is 352 g/mol. The Balaban J connectivity index is 1.45. The fraction of sp³-hybridized carbons (Fsp3) is 0.682. The summed E-state index contributed by atoms with van der Waals surface area (Å²) in [6.45, 7) is 0.743. The van der Waals surface area contributed by atoms with Crippen molar-refractivity contribution >= 4 is 6.03 Å². The molecule has 0 radical (unpaired) electrons. The van der Waals surface area contributed by atoms with Crippen LogP contribution in [0.4, 0.5) is 4.79 Å². The smallest absolute Gasteiger partial charge is 0.318 e. The van der Waals surface area contributed by atoms with Crippen LogP contribution in [0.25, 0.3) is 0 Å². The maximum atomic E-state index is 13.1. The van der Waals surface area contributed by atoms with E-state index < -0.39 is 5.60 Å². The first-order chi connectivity index (χ1) is 12.6. The molecule has 4 bridgehead atoms. The van der Waals surface area contributed by atoms with Gasteiger partial charge in [0.1, 0.15) is 0 Å². The van der Waals surface area contributed by atoms with E-state index >= 15 is 0 Å². The van der Waals surface area contributed by atoms with E-state index in [1.165, 1.54) is 24.0 Å². The van der Waals surface area contributed by atoms with Gasteiger partial charge in [-0.3, -0.25) is 0 Å². The van der Waals surface area contributed by atoms with Crippen LogP contribution in [0.1, 0.15) is 56.1 Å². The maximum absolute atomic E-state index is 13.1. The Morgan fingerprint density at radius 3 is 2.65 bits per heavy atom. The third kappa shape index (κ3) is 1.91. The molecule has 5 aliphatic carbocycles. The summed E-state index contributed by atoms with van der Waals surface area (Å²) in [5, 5.41) is 14.2. The highest BCUT2D eigenvalue weighted by Gasteiger charge is 2.61. The number of urea groups is 1. The number of carbonyl (C=O) groups excluding carboxylic acids is 1. The molecule has 3 unspecified atom stereocenters. The molecule has 2 N–H and O–H groups in total. The van der Waals surface area contributed by atoms with Gasteiger partial charge in [-0.25, -0.2) is 4.79 Å². The Labute approximate surface area is 155 Å². The lowest BCUT2D eigenvalue weighted by Gasteiger charge is -2.61. The van der Waals surface area contributed by atoms with Crippen molar-refractivity contribution in [1.82, 2.24) is 10.2 Å². The lowest BCUT2D eigenvalue weighted by atomic mass is 9.51. The molecule has 1 saturated heterocycles. The standard InChI is InChI=1S/C22H28N2O2/c25-20-23-13-22(7-3-5-15-4-1-2-6-18(15)22)24(20)19-16-8-14-9-17(19)12-21(26,10-14)11-16/h1-2,4,6,14,16-17,19,26H,3,5,7-13H2,(H,23,25). The SMILES string of the molecule is O=C1NCC2(CCCc3ccccc32)N1C1C2CC3CC1CC(O)(C3)C2. The highest BCUT2D eigenvalue weighted by Crippen LogP contribution is 2.59. The molecule has 6 aliphatic rings. The predicted molar refractivity (Wildman–Crippen MR) is 98.6 cm³/mol. The number of nitrogens with zero attached hydrogens (tertiary/aromatic N) is 1. The largest absolute Gasteiger partial charge is 0.390 e. The van der Waals surface area contributed by atoms with Crippen LogP contribution in [0.3, 0.4) is 0 Å². The Hall–Kier alpha value is -1.55. The molecule has 3 atom stereocenters. The molecule has 1 spiro atoms. The lowest BCUT2D eigenvalue weighted by Crippen LogP contribution is -2.65. The minimum atomic E-state index is -0.444. The normalized spacial score (nSPS) is 45.9. The van der Waals surface area contributed by atoms with E-state index in [0.29, 0.717) is 23.8 Å². The second-order valence-electron chi connectivity index (χ2n) is 9.76. The first kappa shape index (κ1) is 15.5. The van der Waals surface area contributed by atoms with Gasteiger partial charge in [-0.2, -0.15) is 0 Å². The summed E-state index contributed by atoms with van der Waals surface area (Å²) in [6.07, 6.45) is 8.52. The monoisotopic (exact) mass is 352 g/mol. The number of hydrogen-bond donors (Lipinski definition) is 2. The van der Waals surface area contributed by atoms with Crippen molar-refractivity contribution in [2.75, 3.05) is 6.54 Å². The molecule has 1 aromatic carbocycles. The summed E-state index contributed by atoms with van der Waals surface area (Å²) in [6, 6.07) is 9.20. The number of nitrogens with one attached hydrogen (secondary N) is 1. The van der Waals surface area contributed by atoms with E-state index in [1.54, 1.807) is 0 Å². The first-order valence-corrected chi connectivity index (χ1v) is 10.5. The second-order valence-corrected chi connectivity index (χ2v) is 9.76. The van der Waals surface area contributed by atoms with E-state index in [1.807, 2.05) is 0 Å². The Bertz CT molecular complexity index is 761. The van der Waals surface area contributed by atoms with E-state index in [9.17, 15) is 9.90 Å². The topological polar surface area (TPSA) is 52.6 Å². The summed E-state index contributed by atoms with van der Waals surface area (Å²) in [5.41, 5.74) is 2.18. The molecule has 4 heteroatoms. The molecule has 1 aliphatic heterocycles. The predicted octanol–water partition coefficient (Wildman–Crippen LogP) is 3.18. The van der Waals surface area contributed by atoms with Crippen molar-refractivity contribution in [3.05, 3.63) is 35.4 Å². The van der Waals surface area contributed by atoms with Crippen molar-refractivity contribution in [3.63, 3.8) is 0 Å². The van der Waals surface area contributed by atoms with Crippen LogP contribution >= 0.6 is 0 Å². The van der Waals surface area contributed by atoms with E-state index in [-0.39, 0.29) is 11.6 Å². The second kappa shape index (κ2) is 5.03. The van der Waals surface area contributed by atoms with Crippen LogP contribution in [0.2, 0.25) is 0 Å². The third-order valence-corrected chi connectivity index (χ3v) is 8.26. The molecule has 4 saturated carbocycles. The van der Waals surface area contributed by atoms with Crippen molar-refractivity contribution in [2.45, 2.75) is 68.5 Å². The van der Waals surface area contributed by atoms with Gasteiger partial charge in [0.05, 0.1) is 11.1 Å². The van der Waals surface area contributed by atoms with Gasteiger partial charge >= 0.3 is 6.03 Å². The Kier molecular flexibility index (Phi) is 3.00. The number of aryl methyl sites for hydroxylation is 1. The van der Waals surface area contributed by atoms with Gasteiger partial charge < -0.3 is 15.3 Å².